The van der Waals surface area contributed by atoms with E-state index in [9.17, 15) is 0 Å². The number of para-hydroxylation sites is 1. The van der Waals surface area contributed by atoms with Gasteiger partial charge in [0.05, 0.1) is 40.5 Å². The first kappa shape index (κ1) is 22.3. The number of aromatic nitrogens is 3. The average molecular weight is 477 g/mol. The molecule has 1 aliphatic heterocycles. The van der Waals surface area contributed by atoms with Crippen LogP contribution in [0.1, 0.15) is 24.7 Å². The normalized spacial score (nSPS) is 14.8. The van der Waals surface area contributed by atoms with Crippen LogP contribution in [0.15, 0.2) is 47.6 Å². The first-order chi connectivity index (χ1) is 16.6. The van der Waals surface area contributed by atoms with Crippen molar-refractivity contribution in [3.05, 3.63) is 59.0 Å². The van der Waals surface area contributed by atoms with Gasteiger partial charge in [0.2, 0.25) is 5.84 Å². The van der Waals surface area contributed by atoms with Gasteiger partial charge in [0.1, 0.15) is 11.3 Å². The Morgan fingerprint density at radius 2 is 2.06 bits per heavy atom. The molecule has 2 aromatic carbocycles. The Labute approximate surface area is 202 Å². The summed E-state index contributed by atoms with van der Waals surface area (Å²) in [5.74, 6) is 1.27. The molecule has 1 fully saturated rings. The van der Waals surface area contributed by atoms with E-state index in [0.29, 0.717) is 24.1 Å². The van der Waals surface area contributed by atoms with Crippen molar-refractivity contribution >= 4 is 51.4 Å². The van der Waals surface area contributed by atoms with Gasteiger partial charge in [0.15, 0.2) is 0 Å². The molecule has 5 rings (SSSR count). The Morgan fingerprint density at radius 3 is 2.82 bits per heavy atom. The number of aryl methyl sites for hydroxylation is 1. The third kappa shape index (κ3) is 3.89. The number of nitrogens with zero attached hydrogens (tertiary/aromatic N) is 5. The minimum Gasteiger partial charge on any atom is -0.378 e. The number of aliphatic imine (C=N–C) groups is 1. The Morgan fingerprint density at radius 1 is 1.24 bits per heavy atom. The molecule has 4 aromatic rings. The number of amidine groups is 1. The van der Waals surface area contributed by atoms with E-state index in [1.165, 1.54) is 6.34 Å². The van der Waals surface area contributed by atoms with Crippen molar-refractivity contribution in [3.63, 3.8) is 0 Å². The predicted molar refractivity (Wildman–Crippen MR) is 137 cm³/mol. The fraction of sp³-hybridized carbons (Fsp3) is 0.280. The molecule has 0 bridgehead atoms. The molecule has 3 heterocycles. The zero-order valence-electron chi connectivity index (χ0n) is 19.0. The van der Waals surface area contributed by atoms with Gasteiger partial charge in [-0.1, -0.05) is 30.7 Å². The Balaban J connectivity index is 1.85. The maximum Gasteiger partial charge on any atom is 0.279 e. The van der Waals surface area contributed by atoms with Gasteiger partial charge in [-0.25, -0.2) is 4.98 Å². The first-order valence-corrected chi connectivity index (χ1v) is 11.8. The third-order valence-corrected chi connectivity index (χ3v) is 6.40. The molecule has 1 aliphatic rings. The standard InChI is InChI=1S/C25H26ClN7O/c1-2-4-22-31-24-18(25(28)30-15-27)13-16(32-9-11-34-12-10-32)14-21(24)33(22)20-7-8-29-23-17(20)5-3-6-19(23)26/h3,5-8,13-15H,2,4,9-12H2,1H3,(H3,27,28,30)/p+1. The molecule has 2 aromatic heterocycles. The summed E-state index contributed by atoms with van der Waals surface area (Å²) in [6.07, 6.45) is 4.74. The number of fused-ring (bicyclic) bond motifs is 2. The molecule has 9 heteroatoms. The summed E-state index contributed by atoms with van der Waals surface area (Å²) in [5.41, 5.74) is 11.6. The van der Waals surface area contributed by atoms with Gasteiger partial charge in [-0.3, -0.25) is 15.0 Å². The maximum absolute atomic E-state index is 6.48. The van der Waals surface area contributed by atoms with Crippen molar-refractivity contribution in [3.8, 4) is 5.69 Å². The Kier molecular flexibility index (Phi) is 6.17. The highest BCUT2D eigenvalue weighted by molar-refractivity contribution is 6.35. The smallest absolute Gasteiger partial charge is 0.279 e. The van der Waals surface area contributed by atoms with E-state index in [0.717, 1.165) is 70.6 Å². The van der Waals surface area contributed by atoms with Crippen LogP contribution < -0.4 is 16.0 Å². The van der Waals surface area contributed by atoms with E-state index in [1.54, 1.807) is 6.20 Å². The molecule has 0 atom stereocenters. The highest BCUT2D eigenvalue weighted by Crippen LogP contribution is 2.34. The SMILES string of the molecule is CCCc1nc2c(C(N)=NC=[NH2+])cc(N3CCOCC3)cc2n1-c1ccnc2c(Cl)cccc12. The van der Waals surface area contributed by atoms with Crippen molar-refractivity contribution < 1.29 is 10.1 Å². The molecule has 0 aliphatic carbocycles. The van der Waals surface area contributed by atoms with Crippen molar-refractivity contribution in [1.29, 1.82) is 0 Å². The summed E-state index contributed by atoms with van der Waals surface area (Å²) in [4.78, 5) is 16.0. The molecule has 0 saturated carbocycles. The molecule has 34 heavy (non-hydrogen) atoms. The van der Waals surface area contributed by atoms with Crippen LogP contribution in [0, 0.1) is 0 Å². The zero-order chi connectivity index (χ0) is 23.7. The van der Waals surface area contributed by atoms with Crippen LogP contribution in [-0.2, 0) is 11.2 Å². The maximum atomic E-state index is 6.48. The minimum absolute atomic E-state index is 0.331. The summed E-state index contributed by atoms with van der Waals surface area (Å²) < 4.78 is 7.77. The molecule has 0 unspecified atom stereocenters. The second kappa shape index (κ2) is 9.40. The molecule has 0 radical (unpaired) electrons. The number of imidazole rings is 1. The molecule has 174 valence electrons. The first-order valence-electron chi connectivity index (χ1n) is 11.4. The molecule has 8 nitrogen and oxygen atoms in total. The lowest BCUT2D eigenvalue weighted by Crippen LogP contribution is -2.36. The minimum atomic E-state index is 0.331. The fourth-order valence-electron chi connectivity index (χ4n) is 4.54. The molecular formula is C25H27ClN7O+. The monoisotopic (exact) mass is 476 g/mol. The number of halogens is 1. The lowest BCUT2D eigenvalue weighted by Gasteiger charge is -2.29. The van der Waals surface area contributed by atoms with Crippen molar-refractivity contribution in [2.75, 3.05) is 31.2 Å². The molecule has 4 N–H and O–H groups in total. The second-order valence-electron chi connectivity index (χ2n) is 8.20. The highest BCUT2D eigenvalue weighted by atomic mass is 35.5. The fourth-order valence-corrected chi connectivity index (χ4v) is 4.76. The van der Waals surface area contributed by atoms with Gasteiger partial charge in [-0.2, -0.15) is 0 Å². The topological polar surface area (TPSA) is 107 Å². The molecular weight excluding hydrogens is 450 g/mol. The number of hydrogen-bond acceptors (Lipinski definition) is 4. The number of pyridine rings is 1. The number of morpholine rings is 1. The van der Waals surface area contributed by atoms with Crippen LogP contribution in [-0.4, -0.2) is 53.0 Å². The van der Waals surface area contributed by atoms with E-state index >= 15 is 0 Å². The summed E-state index contributed by atoms with van der Waals surface area (Å²) in [5, 5.41) is 7.15. The van der Waals surface area contributed by atoms with E-state index in [1.807, 2.05) is 30.3 Å². The van der Waals surface area contributed by atoms with Gasteiger partial charge < -0.3 is 15.4 Å². The van der Waals surface area contributed by atoms with Crippen molar-refractivity contribution in [2.45, 2.75) is 19.8 Å². The summed E-state index contributed by atoms with van der Waals surface area (Å²) >= 11 is 6.48. The van der Waals surface area contributed by atoms with Crippen LogP contribution in [0.5, 0.6) is 0 Å². The second-order valence-corrected chi connectivity index (χ2v) is 8.61. The van der Waals surface area contributed by atoms with Crippen LogP contribution in [0.3, 0.4) is 0 Å². The quantitative estimate of drug-likeness (QED) is 0.328. The average Bonchev–Trinajstić information content (AvgIpc) is 3.22. The van der Waals surface area contributed by atoms with Crippen LogP contribution >= 0.6 is 11.6 Å². The van der Waals surface area contributed by atoms with Crippen LogP contribution in [0.2, 0.25) is 5.02 Å². The number of ether oxygens (including phenoxy) is 1. The van der Waals surface area contributed by atoms with E-state index in [2.05, 4.69) is 32.4 Å². The molecule has 0 amide bonds. The number of rotatable bonds is 6. The molecule has 0 spiro atoms. The molecule has 1 saturated heterocycles. The van der Waals surface area contributed by atoms with Gasteiger partial charge in [0, 0.05) is 36.8 Å². The van der Waals surface area contributed by atoms with Crippen molar-refractivity contribution in [2.24, 2.45) is 10.7 Å². The van der Waals surface area contributed by atoms with E-state index in [4.69, 9.17) is 32.5 Å². The number of nitrogens with two attached hydrogens (primary N) is 2. The van der Waals surface area contributed by atoms with Gasteiger partial charge in [0.25, 0.3) is 6.34 Å². The number of benzene rings is 2. The highest BCUT2D eigenvalue weighted by Gasteiger charge is 2.23. The largest absolute Gasteiger partial charge is 0.378 e. The van der Waals surface area contributed by atoms with Gasteiger partial charge in [-0.05, 0) is 35.7 Å². The summed E-state index contributed by atoms with van der Waals surface area (Å²) in [7, 11) is 0. The van der Waals surface area contributed by atoms with E-state index < -0.39 is 0 Å². The lowest BCUT2D eigenvalue weighted by atomic mass is 10.1. The van der Waals surface area contributed by atoms with Crippen molar-refractivity contribution in [1.82, 2.24) is 14.5 Å². The van der Waals surface area contributed by atoms with Crippen LogP contribution in [0.4, 0.5) is 5.69 Å². The summed E-state index contributed by atoms with van der Waals surface area (Å²) in [6, 6.07) is 12.1. The number of hydrogen-bond donors (Lipinski definition) is 2. The Bertz CT molecular complexity index is 1410. The summed E-state index contributed by atoms with van der Waals surface area (Å²) in [6.45, 7) is 5.11. The predicted octanol–water partition coefficient (Wildman–Crippen LogP) is 2.51. The number of anilines is 1. The van der Waals surface area contributed by atoms with Crippen LogP contribution in [0.25, 0.3) is 27.6 Å². The Hall–Kier alpha value is -3.49. The van der Waals surface area contributed by atoms with Gasteiger partial charge in [-0.15, -0.1) is 0 Å². The lowest BCUT2D eigenvalue weighted by molar-refractivity contribution is -0.106. The van der Waals surface area contributed by atoms with E-state index in [-0.39, 0.29) is 0 Å². The zero-order valence-corrected chi connectivity index (χ0v) is 19.8. The third-order valence-electron chi connectivity index (χ3n) is 6.09. The van der Waals surface area contributed by atoms with Gasteiger partial charge >= 0.3 is 0 Å².